The van der Waals surface area contributed by atoms with Crippen LogP contribution in [0.1, 0.15) is 104 Å². The van der Waals surface area contributed by atoms with Crippen LogP contribution in [0.25, 0.3) is 11.2 Å². The summed E-state index contributed by atoms with van der Waals surface area (Å²) in [6, 6.07) is 0. The molecule has 3 heterocycles. The van der Waals surface area contributed by atoms with Crippen molar-refractivity contribution in [3.63, 3.8) is 0 Å². The first kappa shape index (κ1) is 37.8. The van der Waals surface area contributed by atoms with E-state index in [-0.39, 0.29) is 29.5 Å². The number of nitrogen functional groups attached to an aromatic ring is 2. The number of aromatic nitrogens is 4. The van der Waals surface area contributed by atoms with Gasteiger partial charge >= 0.3 is 13.7 Å². The zero-order valence-electron chi connectivity index (χ0n) is 27.1. The van der Waals surface area contributed by atoms with Crippen LogP contribution in [0.5, 0.6) is 0 Å². The van der Waals surface area contributed by atoms with Crippen molar-refractivity contribution in [1.29, 1.82) is 0 Å². The van der Waals surface area contributed by atoms with E-state index in [1.54, 1.807) is 0 Å². The fraction of sp³-hybridized carbons (Fsp3) is 0.733. The van der Waals surface area contributed by atoms with Crippen LogP contribution < -0.4 is 16.6 Å². The van der Waals surface area contributed by atoms with E-state index in [4.69, 9.17) is 25.5 Å². The minimum absolute atomic E-state index is 0.0258. The maximum absolute atomic E-state index is 12.5. The van der Waals surface area contributed by atoms with Crippen LogP contribution in [-0.2, 0) is 23.4 Å². The summed E-state index contributed by atoms with van der Waals surface area (Å²) in [7, 11) is -4.48. The first-order valence-electron chi connectivity index (χ1n) is 16.3. The summed E-state index contributed by atoms with van der Waals surface area (Å²) in [4.78, 5) is 34.3. The number of ether oxygens (including phenoxy) is 2. The Bertz CT molecular complexity index is 1310. The van der Waals surface area contributed by atoms with E-state index in [1.165, 1.54) is 62.8 Å². The number of hydrogen-bond acceptors (Lipinski definition) is 12. The number of rotatable bonds is 22. The van der Waals surface area contributed by atoms with Gasteiger partial charge in [-0.15, -0.1) is 0 Å². The zero-order valence-corrected chi connectivity index (χ0v) is 27.9. The molecule has 0 amide bonds. The predicted octanol–water partition coefficient (Wildman–Crippen LogP) is 3.90. The number of aliphatic hydroxyl groups is 2. The number of hydrogen-bond donors (Lipinski definition) is 6. The highest BCUT2D eigenvalue weighted by atomic mass is 31.2. The minimum atomic E-state index is -4.48. The third-order valence-electron chi connectivity index (χ3n) is 7.98. The molecule has 5 atom stereocenters. The van der Waals surface area contributed by atoms with Gasteiger partial charge < -0.3 is 36.0 Å². The van der Waals surface area contributed by atoms with Gasteiger partial charge in [0.2, 0.25) is 5.95 Å². The molecule has 46 heavy (non-hydrogen) atoms. The molecule has 1 fully saturated rings. The number of anilines is 2. The Morgan fingerprint density at radius 1 is 1.09 bits per heavy atom. The van der Waals surface area contributed by atoms with E-state index in [2.05, 4.69) is 39.1 Å². The van der Waals surface area contributed by atoms with Crippen LogP contribution in [0.2, 0.25) is 0 Å². The molecule has 8 N–H and O–H groups in total. The molecule has 15 nitrogen and oxygen atoms in total. The summed E-state index contributed by atoms with van der Waals surface area (Å²) >= 11 is 0. The van der Waals surface area contributed by atoms with Gasteiger partial charge in [0, 0.05) is 0 Å². The second kappa shape index (κ2) is 18.6. The molecule has 16 heteroatoms. The maximum Gasteiger partial charge on any atom is 0.403 e. The van der Waals surface area contributed by atoms with Crippen molar-refractivity contribution in [2.45, 2.75) is 121 Å². The summed E-state index contributed by atoms with van der Waals surface area (Å²) in [6.07, 6.45) is 17.0. The summed E-state index contributed by atoms with van der Waals surface area (Å²) < 4.78 is 29.8. The lowest BCUT2D eigenvalue weighted by Crippen LogP contribution is -2.44. The van der Waals surface area contributed by atoms with Gasteiger partial charge in [-0.1, -0.05) is 70.4 Å². The molecule has 260 valence electrons. The highest BCUT2D eigenvalue weighted by Gasteiger charge is 2.54. The predicted molar refractivity (Wildman–Crippen MR) is 174 cm³/mol. The Morgan fingerprint density at radius 3 is 2.39 bits per heavy atom. The number of esters is 1. The normalized spacial score (nSPS) is 22.9. The van der Waals surface area contributed by atoms with E-state index in [0.717, 1.165) is 32.1 Å². The summed E-state index contributed by atoms with van der Waals surface area (Å²) in [5.41, 5.74) is 10.0. The largest absolute Gasteiger partial charge is 0.465 e. The summed E-state index contributed by atoms with van der Waals surface area (Å²) in [5.74, 6) is -0.790. The Labute approximate surface area is 270 Å². The van der Waals surface area contributed by atoms with Gasteiger partial charge in [0.25, 0.3) is 0 Å². The van der Waals surface area contributed by atoms with Crippen LogP contribution in [0.4, 0.5) is 11.8 Å². The number of carbonyl (C=O) groups excluding carboxylic acids is 1. The SMILES string of the molecule is CCCCCCCC/C=C\CCCCCCCOC(=O)CNP(=O)(O)OC[C@H]1O[C@@H](n2cnc3c(N)nc(N)nc32)[C@@](C)(O)[C@H]1O. The molecule has 0 bridgehead atoms. The number of nitrogens with one attached hydrogen (secondary N) is 1. The van der Waals surface area contributed by atoms with Crippen molar-refractivity contribution in [3.05, 3.63) is 18.5 Å². The Kier molecular flexibility index (Phi) is 15.3. The topological polar surface area (TPSA) is 230 Å². The molecule has 0 aromatic carbocycles. The van der Waals surface area contributed by atoms with Crippen molar-refractivity contribution in [2.24, 2.45) is 0 Å². The summed E-state index contributed by atoms with van der Waals surface area (Å²) in [5, 5.41) is 23.9. The van der Waals surface area contributed by atoms with Crippen molar-refractivity contribution in [1.82, 2.24) is 24.6 Å². The van der Waals surface area contributed by atoms with Crippen LogP contribution >= 0.6 is 7.75 Å². The average molecular weight is 670 g/mol. The molecular weight excluding hydrogens is 617 g/mol. The van der Waals surface area contributed by atoms with Crippen molar-refractivity contribution < 1.29 is 38.5 Å². The molecule has 0 aliphatic carbocycles. The van der Waals surface area contributed by atoms with E-state index in [0.29, 0.717) is 6.42 Å². The molecule has 0 radical (unpaired) electrons. The number of unbranched alkanes of at least 4 members (excludes halogenated alkanes) is 11. The van der Waals surface area contributed by atoms with Crippen molar-refractivity contribution in [3.8, 4) is 0 Å². The molecule has 2 aromatic rings. The minimum Gasteiger partial charge on any atom is -0.465 e. The van der Waals surface area contributed by atoms with E-state index in [9.17, 15) is 24.5 Å². The third-order valence-corrected chi connectivity index (χ3v) is 9.04. The van der Waals surface area contributed by atoms with Gasteiger partial charge in [-0.05, 0) is 39.0 Å². The number of fused-ring (bicyclic) bond motifs is 1. The van der Waals surface area contributed by atoms with Crippen molar-refractivity contribution in [2.75, 3.05) is 31.2 Å². The van der Waals surface area contributed by atoms with Gasteiger partial charge in [-0.25, -0.2) is 14.6 Å². The molecular formula is C30H52N7O8P. The average Bonchev–Trinajstić information content (AvgIpc) is 3.52. The maximum atomic E-state index is 12.5. The van der Waals surface area contributed by atoms with Crippen LogP contribution in [-0.4, -0.2) is 78.2 Å². The lowest BCUT2D eigenvalue weighted by atomic mass is 9.96. The Hall–Kier alpha value is -2.65. The van der Waals surface area contributed by atoms with E-state index < -0.39 is 50.9 Å². The lowest BCUT2D eigenvalue weighted by Gasteiger charge is -2.27. The number of aliphatic hydroxyl groups excluding tert-OH is 1. The molecule has 0 saturated carbocycles. The number of nitrogens with two attached hydrogens (primary N) is 2. The fourth-order valence-electron chi connectivity index (χ4n) is 5.30. The highest BCUT2D eigenvalue weighted by Crippen LogP contribution is 2.43. The van der Waals surface area contributed by atoms with Crippen molar-refractivity contribution >= 4 is 36.6 Å². The zero-order chi connectivity index (χ0) is 33.6. The second-order valence-electron chi connectivity index (χ2n) is 11.9. The molecule has 1 unspecified atom stereocenters. The van der Waals surface area contributed by atoms with Crippen LogP contribution in [0.3, 0.4) is 0 Å². The first-order chi connectivity index (χ1) is 22.0. The molecule has 1 aliphatic heterocycles. The number of imidazole rings is 1. The van der Waals surface area contributed by atoms with Crippen LogP contribution in [0, 0.1) is 0 Å². The van der Waals surface area contributed by atoms with Gasteiger partial charge in [-0.2, -0.15) is 9.97 Å². The first-order valence-corrected chi connectivity index (χ1v) is 17.9. The quantitative estimate of drug-likeness (QED) is 0.0452. The fourth-order valence-corrected chi connectivity index (χ4v) is 6.07. The number of nitrogens with zero attached hydrogens (tertiary/aromatic N) is 4. The van der Waals surface area contributed by atoms with E-state index in [1.807, 2.05) is 0 Å². The van der Waals surface area contributed by atoms with Gasteiger partial charge in [0.05, 0.1) is 19.5 Å². The monoisotopic (exact) mass is 669 g/mol. The Balaban J connectivity index is 1.27. The molecule has 1 saturated heterocycles. The molecule has 2 aromatic heterocycles. The lowest BCUT2D eigenvalue weighted by molar-refractivity contribution is -0.142. The standard InChI is InChI=1S/C30H52N7O8P/c1-3-4-5-6-7-8-9-10-11-12-13-14-15-16-17-18-43-23(38)19-34-46(41,42)44-20-22-25(39)30(2,40)28(45-22)37-21-33-24-26(31)35-29(32)36-27(24)37/h10-11,21-22,25,28,39-40H,3-9,12-20H2,1-2H3,(H2,34,41,42)(H4,31,32,35,36)/b11-10-/t22-,25+,28-,30+/m1/s1. The van der Waals surface area contributed by atoms with Crippen LogP contribution in [0.15, 0.2) is 18.5 Å². The molecule has 1 aliphatic rings. The second-order valence-corrected chi connectivity index (χ2v) is 13.6. The highest BCUT2D eigenvalue weighted by molar-refractivity contribution is 7.50. The third kappa shape index (κ3) is 11.5. The molecule has 3 rings (SSSR count). The Morgan fingerprint density at radius 2 is 1.72 bits per heavy atom. The van der Waals surface area contributed by atoms with Gasteiger partial charge in [0.1, 0.15) is 29.9 Å². The number of carbonyl (C=O) groups is 1. The van der Waals surface area contributed by atoms with E-state index >= 15 is 0 Å². The molecule has 0 spiro atoms. The summed E-state index contributed by atoms with van der Waals surface area (Å²) in [6.45, 7) is 2.66. The van der Waals surface area contributed by atoms with Gasteiger partial charge in [-0.3, -0.25) is 13.9 Å². The van der Waals surface area contributed by atoms with Gasteiger partial charge in [0.15, 0.2) is 17.7 Å². The number of allylic oxidation sites excluding steroid dienone is 2. The smallest absolute Gasteiger partial charge is 0.403 e.